The second kappa shape index (κ2) is 11.6. The summed E-state index contributed by atoms with van der Waals surface area (Å²) in [7, 11) is -1.72. The maximum Gasteiger partial charge on any atom is 0.243 e. The number of carbonyl (C=O) groups excluding carboxylic acids is 1. The van der Waals surface area contributed by atoms with Crippen LogP contribution in [0.1, 0.15) is 39.5 Å². The highest BCUT2D eigenvalue weighted by Crippen LogP contribution is 2.32. The van der Waals surface area contributed by atoms with Crippen LogP contribution in [0.5, 0.6) is 0 Å². The van der Waals surface area contributed by atoms with Crippen LogP contribution in [0.15, 0.2) is 23.1 Å². The number of nitrogens with zero attached hydrogens (tertiary/aromatic N) is 2. The van der Waals surface area contributed by atoms with Crippen LogP contribution in [0.25, 0.3) is 0 Å². The van der Waals surface area contributed by atoms with Crippen LogP contribution in [0.2, 0.25) is 0 Å². The van der Waals surface area contributed by atoms with Gasteiger partial charge in [-0.05, 0) is 51.1 Å². The highest BCUT2D eigenvalue weighted by molar-refractivity contribution is 7.89. The molecule has 160 valence electrons. The Morgan fingerprint density at radius 3 is 2.39 bits per heavy atom. The predicted octanol–water partition coefficient (Wildman–Crippen LogP) is 2.68. The monoisotopic (exact) mass is 432 g/mol. The minimum absolute atomic E-state index is 0. The van der Waals surface area contributed by atoms with Gasteiger partial charge in [0.15, 0.2) is 0 Å². The lowest BCUT2D eigenvalue weighted by atomic mass is 10.2. The maximum atomic E-state index is 12.9. The quantitative estimate of drug-likeness (QED) is 0.555. The number of anilines is 2. The lowest BCUT2D eigenvalue weighted by Gasteiger charge is -2.24. The van der Waals surface area contributed by atoms with E-state index < -0.39 is 10.0 Å². The van der Waals surface area contributed by atoms with Crippen molar-refractivity contribution >= 4 is 39.7 Å². The number of benzene rings is 1. The van der Waals surface area contributed by atoms with Crippen LogP contribution in [0, 0.1) is 0 Å². The molecule has 0 unspecified atom stereocenters. The van der Waals surface area contributed by atoms with E-state index in [2.05, 4.69) is 15.5 Å². The molecule has 0 bridgehead atoms. The molecule has 1 saturated heterocycles. The standard InChI is InChI=1S/C19H32N4O3S.ClH/c1-4-23(5-2)27(25,26)16-10-11-18(22-13-6-7-14-22)17(15-16)21-19(24)9-8-12-20-3;/h10-11,15,20H,4-9,12-14H2,1-3H3,(H,21,24);1H. The van der Waals surface area contributed by atoms with Gasteiger partial charge in [0.2, 0.25) is 15.9 Å². The van der Waals surface area contributed by atoms with Gasteiger partial charge < -0.3 is 15.5 Å². The van der Waals surface area contributed by atoms with Crippen molar-refractivity contribution in [2.75, 3.05) is 50.0 Å². The van der Waals surface area contributed by atoms with Crippen molar-refractivity contribution in [2.45, 2.75) is 44.4 Å². The van der Waals surface area contributed by atoms with E-state index in [1.54, 1.807) is 12.1 Å². The second-order valence-corrected chi connectivity index (χ2v) is 8.66. The van der Waals surface area contributed by atoms with E-state index in [-0.39, 0.29) is 23.2 Å². The molecule has 0 atom stereocenters. The van der Waals surface area contributed by atoms with Crippen LogP contribution in [-0.2, 0) is 14.8 Å². The fourth-order valence-corrected chi connectivity index (χ4v) is 4.85. The molecule has 1 heterocycles. The SMILES string of the molecule is CCN(CC)S(=O)(=O)c1ccc(N2CCCC2)c(NC(=O)CCCNC)c1.Cl. The number of nitrogens with one attached hydrogen (secondary N) is 2. The average Bonchev–Trinajstić information content (AvgIpc) is 3.17. The number of carbonyl (C=O) groups is 1. The van der Waals surface area contributed by atoms with Gasteiger partial charge in [-0.3, -0.25) is 4.79 Å². The Labute approximate surface area is 175 Å². The summed E-state index contributed by atoms with van der Waals surface area (Å²) in [5.41, 5.74) is 1.48. The molecule has 1 aliphatic heterocycles. The van der Waals surface area contributed by atoms with Crippen molar-refractivity contribution in [2.24, 2.45) is 0 Å². The Bertz CT molecular complexity index is 733. The second-order valence-electron chi connectivity index (χ2n) is 6.72. The maximum absolute atomic E-state index is 12.9. The fourth-order valence-electron chi connectivity index (χ4n) is 3.36. The molecule has 0 aliphatic carbocycles. The zero-order valence-corrected chi connectivity index (χ0v) is 18.7. The molecule has 1 aromatic rings. The van der Waals surface area contributed by atoms with Crippen molar-refractivity contribution in [3.8, 4) is 0 Å². The van der Waals surface area contributed by atoms with E-state index in [4.69, 9.17) is 0 Å². The normalized spacial score (nSPS) is 14.2. The number of halogens is 1. The van der Waals surface area contributed by atoms with E-state index in [1.807, 2.05) is 27.0 Å². The molecule has 28 heavy (non-hydrogen) atoms. The fraction of sp³-hybridized carbons (Fsp3) is 0.632. The molecule has 9 heteroatoms. The molecule has 0 saturated carbocycles. The lowest BCUT2D eigenvalue weighted by Crippen LogP contribution is -2.31. The van der Waals surface area contributed by atoms with Gasteiger partial charge in [0.1, 0.15) is 0 Å². The van der Waals surface area contributed by atoms with Gasteiger partial charge in [-0.1, -0.05) is 13.8 Å². The van der Waals surface area contributed by atoms with E-state index in [0.29, 0.717) is 25.2 Å². The Morgan fingerprint density at radius 1 is 1.18 bits per heavy atom. The van der Waals surface area contributed by atoms with Gasteiger partial charge in [0.25, 0.3) is 0 Å². The molecule has 1 aromatic carbocycles. The van der Waals surface area contributed by atoms with Crippen LogP contribution in [0.4, 0.5) is 11.4 Å². The molecule has 1 aliphatic rings. The predicted molar refractivity (Wildman–Crippen MR) is 117 cm³/mol. The van der Waals surface area contributed by atoms with Gasteiger partial charge >= 0.3 is 0 Å². The first-order chi connectivity index (χ1) is 12.9. The first-order valence-corrected chi connectivity index (χ1v) is 11.2. The third-order valence-electron chi connectivity index (χ3n) is 4.86. The minimum atomic E-state index is -3.57. The van der Waals surface area contributed by atoms with Gasteiger partial charge in [-0.15, -0.1) is 12.4 Å². The van der Waals surface area contributed by atoms with Crippen molar-refractivity contribution in [3.05, 3.63) is 18.2 Å². The Kier molecular flexibility index (Phi) is 10.2. The topological polar surface area (TPSA) is 81.8 Å². The summed E-state index contributed by atoms with van der Waals surface area (Å²) in [6, 6.07) is 5.08. The summed E-state index contributed by atoms with van der Waals surface area (Å²) >= 11 is 0. The molecule has 2 N–H and O–H groups in total. The van der Waals surface area contributed by atoms with Crippen LogP contribution in [-0.4, -0.2) is 58.4 Å². The molecular weight excluding hydrogens is 400 g/mol. The summed E-state index contributed by atoms with van der Waals surface area (Å²) in [4.78, 5) is 14.8. The number of hydrogen-bond acceptors (Lipinski definition) is 5. The van der Waals surface area contributed by atoms with Crippen molar-refractivity contribution in [1.29, 1.82) is 0 Å². The van der Waals surface area contributed by atoms with Crippen molar-refractivity contribution in [3.63, 3.8) is 0 Å². The molecule has 2 rings (SSSR count). The third-order valence-corrected chi connectivity index (χ3v) is 6.91. The lowest BCUT2D eigenvalue weighted by molar-refractivity contribution is -0.116. The zero-order valence-electron chi connectivity index (χ0n) is 17.0. The highest BCUT2D eigenvalue weighted by atomic mass is 35.5. The Morgan fingerprint density at radius 2 is 1.82 bits per heavy atom. The smallest absolute Gasteiger partial charge is 0.243 e. The van der Waals surface area contributed by atoms with Crippen LogP contribution in [0.3, 0.4) is 0 Å². The summed E-state index contributed by atoms with van der Waals surface area (Å²) in [5.74, 6) is -0.0944. The zero-order chi connectivity index (χ0) is 19.9. The number of hydrogen-bond donors (Lipinski definition) is 2. The number of sulfonamides is 1. The summed E-state index contributed by atoms with van der Waals surface area (Å²) < 4.78 is 27.2. The molecule has 1 fully saturated rings. The molecular formula is C19H33ClN4O3S. The van der Waals surface area contributed by atoms with Gasteiger partial charge in [-0.25, -0.2) is 8.42 Å². The largest absolute Gasteiger partial charge is 0.370 e. The number of rotatable bonds is 10. The summed E-state index contributed by atoms with van der Waals surface area (Å²) in [5, 5.41) is 5.97. The van der Waals surface area contributed by atoms with E-state index in [9.17, 15) is 13.2 Å². The highest BCUT2D eigenvalue weighted by Gasteiger charge is 2.24. The van der Waals surface area contributed by atoms with E-state index in [0.717, 1.165) is 44.6 Å². The summed E-state index contributed by atoms with van der Waals surface area (Å²) in [6.45, 7) is 7.09. The van der Waals surface area contributed by atoms with Crippen molar-refractivity contribution < 1.29 is 13.2 Å². The van der Waals surface area contributed by atoms with Crippen molar-refractivity contribution in [1.82, 2.24) is 9.62 Å². The van der Waals surface area contributed by atoms with E-state index >= 15 is 0 Å². The minimum Gasteiger partial charge on any atom is -0.370 e. The molecule has 1 amide bonds. The molecule has 0 radical (unpaired) electrons. The molecule has 0 aromatic heterocycles. The van der Waals surface area contributed by atoms with Gasteiger partial charge in [0.05, 0.1) is 16.3 Å². The van der Waals surface area contributed by atoms with Gasteiger partial charge in [-0.2, -0.15) is 4.31 Å². The van der Waals surface area contributed by atoms with E-state index in [1.165, 1.54) is 4.31 Å². The van der Waals surface area contributed by atoms with Crippen LogP contribution >= 0.6 is 12.4 Å². The molecule has 7 nitrogen and oxygen atoms in total. The first kappa shape index (κ1) is 24.7. The first-order valence-electron chi connectivity index (χ1n) is 9.77. The third kappa shape index (κ3) is 6.07. The molecule has 0 spiro atoms. The average molecular weight is 433 g/mol. The Hall–Kier alpha value is -1.35. The van der Waals surface area contributed by atoms with Crippen LogP contribution < -0.4 is 15.5 Å². The Balaban J connectivity index is 0.00000392. The number of amides is 1. The van der Waals surface area contributed by atoms with Gasteiger partial charge in [0, 0.05) is 32.6 Å². The summed E-state index contributed by atoms with van der Waals surface area (Å²) in [6.07, 6.45) is 3.34.